The Morgan fingerprint density at radius 3 is 2.41 bits per heavy atom. The lowest BCUT2D eigenvalue weighted by atomic mass is 10.1. The molecule has 1 aromatic carbocycles. The van der Waals surface area contributed by atoms with Crippen molar-refractivity contribution >= 4 is 29.1 Å². The number of unbranched alkanes of at least 4 members (excludes halogenated alkanes) is 2. The maximum atomic E-state index is 12.5. The van der Waals surface area contributed by atoms with Crippen LogP contribution in [0.3, 0.4) is 0 Å². The van der Waals surface area contributed by atoms with Gasteiger partial charge >= 0.3 is 5.97 Å². The summed E-state index contributed by atoms with van der Waals surface area (Å²) in [5.74, 6) is -0.671. The second-order valence-corrected chi connectivity index (χ2v) is 7.45. The fraction of sp³-hybridized carbons (Fsp3) is 0.407. The number of rotatable bonds is 14. The van der Waals surface area contributed by atoms with Crippen molar-refractivity contribution in [1.29, 1.82) is 0 Å². The number of allylic oxidation sites excluding steroid dienone is 2. The van der Waals surface area contributed by atoms with Crippen molar-refractivity contribution in [3.8, 4) is 5.75 Å². The number of carbonyl (C=O) groups excluding carboxylic acids is 3. The van der Waals surface area contributed by atoms with Gasteiger partial charge in [0, 0.05) is 13.0 Å². The molecule has 0 aliphatic heterocycles. The van der Waals surface area contributed by atoms with Gasteiger partial charge in [0.15, 0.2) is 0 Å². The van der Waals surface area contributed by atoms with Gasteiger partial charge in [-0.05, 0) is 55.7 Å². The van der Waals surface area contributed by atoms with E-state index in [0.29, 0.717) is 0 Å². The van der Waals surface area contributed by atoms with Crippen molar-refractivity contribution in [2.24, 2.45) is 4.99 Å². The molecule has 0 saturated heterocycles. The molecule has 0 radical (unpaired) electrons. The number of esters is 1. The molecule has 0 aromatic heterocycles. The Morgan fingerprint density at radius 1 is 1.12 bits per heavy atom. The molecule has 7 heteroatoms. The predicted octanol–water partition coefficient (Wildman–Crippen LogP) is 4.78. The number of hydrogen-bond acceptors (Lipinski definition) is 6. The Morgan fingerprint density at radius 2 is 1.82 bits per heavy atom. The third kappa shape index (κ3) is 9.98. The molecule has 0 atom stereocenters. The van der Waals surface area contributed by atoms with Crippen molar-refractivity contribution in [1.82, 2.24) is 4.90 Å². The first-order valence-electron chi connectivity index (χ1n) is 11.5. The Kier molecular flexibility index (Phi) is 13.6. The first kappa shape index (κ1) is 28.6. The quantitative estimate of drug-likeness (QED) is 0.129. The summed E-state index contributed by atoms with van der Waals surface area (Å²) in [7, 11) is 1.59. The molecule has 0 heterocycles. The van der Waals surface area contributed by atoms with Crippen LogP contribution in [0.1, 0.15) is 52.0 Å². The van der Waals surface area contributed by atoms with Gasteiger partial charge in [-0.15, -0.1) is 0 Å². The molecule has 0 fully saturated rings. The minimum absolute atomic E-state index is 0.0326. The van der Waals surface area contributed by atoms with Crippen LogP contribution in [0, 0.1) is 0 Å². The van der Waals surface area contributed by atoms with Gasteiger partial charge < -0.3 is 9.47 Å². The Balaban J connectivity index is 2.99. The number of hydrogen-bond donors (Lipinski definition) is 0. The van der Waals surface area contributed by atoms with Crippen LogP contribution in [-0.2, 0) is 19.1 Å². The third-order valence-electron chi connectivity index (χ3n) is 4.91. The minimum Gasteiger partial charge on any atom is -0.497 e. The van der Waals surface area contributed by atoms with Crippen LogP contribution in [-0.4, -0.2) is 55.2 Å². The summed E-state index contributed by atoms with van der Waals surface area (Å²) in [5, 5.41) is 0. The summed E-state index contributed by atoms with van der Waals surface area (Å²) in [4.78, 5) is 42.7. The molecule has 1 rings (SSSR count). The van der Waals surface area contributed by atoms with Crippen LogP contribution in [0.15, 0.2) is 60.1 Å². The van der Waals surface area contributed by atoms with E-state index in [1.54, 1.807) is 26.2 Å². The van der Waals surface area contributed by atoms with E-state index in [2.05, 4.69) is 18.5 Å². The van der Waals surface area contributed by atoms with E-state index in [0.717, 1.165) is 47.1 Å². The van der Waals surface area contributed by atoms with Gasteiger partial charge in [-0.1, -0.05) is 50.6 Å². The van der Waals surface area contributed by atoms with Crippen molar-refractivity contribution in [2.45, 2.75) is 46.5 Å². The first-order valence-corrected chi connectivity index (χ1v) is 11.5. The molecule has 0 N–H and O–H groups in total. The van der Waals surface area contributed by atoms with E-state index in [-0.39, 0.29) is 37.7 Å². The zero-order valence-electron chi connectivity index (χ0n) is 20.7. The van der Waals surface area contributed by atoms with Gasteiger partial charge in [0.05, 0.1) is 20.3 Å². The van der Waals surface area contributed by atoms with E-state index in [1.165, 1.54) is 0 Å². The van der Waals surface area contributed by atoms with E-state index >= 15 is 0 Å². The Labute approximate surface area is 202 Å². The molecule has 34 heavy (non-hydrogen) atoms. The number of methoxy groups -OCH3 is 1. The van der Waals surface area contributed by atoms with E-state index < -0.39 is 11.9 Å². The highest BCUT2D eigenvalue weighted by atomic mass is 16.5. The van der Waals surface area contributed by atoms with Crippen molar-refractivity contribution in [3.05, 3.63) is 60.7 Å². The lowest BCUT2D eigenvalue weighted by Gasteiger charge is -2.17. The number of benzene rings is 1. The molecule has 7 nitrogen and oxygen atoms in total. The standard InChI is InChI=1S/C27H36N2O5/c1-6-9-10-11-12-13-26(31)29(25(30)7-2)19-18-28-24(27(32)34-8-3)20-21(4)22-14-16-23(33-5)17-15-22/h7,11-12,14-17,20H,2,6,8-10,13,18-19H2,1,3-5H3/b12-11-,21-20+,28-24?. The highest BCUT2D eigenvalue weighted by molar-refractivity contribution is 6.42. The van der Waals surface area contributed by atoms with E-state index in [1.807, 2.05) is 37.3 Å². The fourth-order valence-corrected chi connectivity index (χ4v) is 2.99. The van der Waals surface area contributed by atoms with Crippen LogP contribution in [0.2, 0.25) is 0 Å². The van der Waals surface area contributed by atoms with Gasteiger partial charge in [0.1, 0.15) is 11.5 Å². The molecule has 0 saturated carbocycles. The number of imide groups is 1. The third-order valence-corrected chi connectivity index (χ3v) is 4.91. The van der Waals surface area contributed by atoms with Crippen LogP contribution < -0.4 is 4.74 Å². The van der Waals surface area contributed by atoms with Crippen LogP contribution in [0.4, 0.5) is 0 Å². The van der Waals surface area contributed by atoms with Crippen molar-refractivity contribution < 1.29 is 23.9 Å². The molecule has 0 spiro atoms. The average Bonchev–Trinajstić information content (AvgIpc) is 2.85. The second-order valence-electron chi connectivity index (χ2n) is 7.45. The fourth-order valence-electron chi connectivity index (χ4n) is 2.99. The summed E-state index contributed by atoms with van der Waals surface area (Å²) in [6.07, 6.45) is 9.60. The van der Waals surface area contributed by atoms with Gasteiger partial charge in [0.25, 0.3) is 5.91 Å². The van der Waals surface area contributed by atoms with Gasteiger partial charge in [0.2, 0.25) is 5.91 Å². The number of carbonyl (C=O) groups is 3. The molecule has 0 bridgehead atoms. The maximum Gasteiger partial charge on any atom is 0.356 e. The molecule has 0 aliphatic rings. The lowest BCUT2D eigenvalue weighted by molar-refractivity contribution is -0.141. The number of nitrogens with zero attached hydrogens (tertiary/aromatic N) is 2. The van der Waals surface area contributed by atoms with E-state index in [4.69, 9.17) is 9.47 Å². The summed E-state index contributed by atoms with van der Waals surface area (Å²) >= 11 is 0. The zero-order chi connectivity index (χ0) is 25.3. The normalized spacial score (nSPS) is 11.9. The Bertz CT molecular complexity index is 913. The van der Waals surface area contributed by atoms with Crippen molar-refractivity contribution in [2.75, 3.05) is 26.8 Å². The zero-order valence-corrected chi connectivity index (χ0v) is 20.7. The van der Waals surface area contributed by atoms with Crippen LogP contribution >= 0.6 is 0 Å². The summed E-state index contributed by atoms with van der Waals surface area (Å²) in [6, 6.07) is 7.42. The molecular weight excluding hydrogens is 432 g/mol. The first-order chi connectivity index (χ1) is 16.4. The molecule has 1 aromatic rings. The smallest absolute Gasteiger partial charge is 0.356 e. The predicted molar refractivity (Wildman–Crippen MR) is 136 cm³/mol. The lowest BCUT2D eigenvalue weighted by Crippen LogP contribution is -2.37. The molecule has 2 amide bonds. The number of ether oxygens (including phenoxy) is 2. The highest BCUT2D eigenvalue weighted by Crippen LogP contribution is 2.18. The topological polar surface area (TPSA) is 85.3 Å². The summed E-state index contributed by atoms with van der Waals surface area (Å²) in [6.45, 7) is 9.45. The summed E-state index contributed by atoms with van der Waals surface area (Å²) in [5.41, 5.74) is 1.82. The van der Waals surface area contributed by atoms with Crippen LogP contribution in [0.5, 0.6) is 5.75 Å². The maximum absolute atomic E-state index is 12.5. The number of amides is 2. The minimum atomic E-state index is -0.567. The molecule has 184 valence electrons. The Hall–Kier alpha value is -3.48. The van der Waals surface area contributed by atoms with Gasteiger partial charge in [-0.2, -0.15) is 0 Å². The SMILES string of the molecule is C=CC(=O)N(CCN=C(/C=C(\C)c1ccc(OC)cc1)C(=O)OCC)C(=O)C/C=C\CCCC. The average molecular weight is 469 g/mol. The largest absolute Gasteiger partial charge is 0.497 e. The molecule has 0 aliphatic carbocycles. The van der Waals surface area contributed by atoms with E-state index in [9.17, 15) is 14.4 Å². The molecular formula is C27H36N2O5. The van der Waals surface area contributed by atoms with Crippen LogP contribution in [0.25, 0.3) is 5.57 Å². The monoisotopic (exact) mass is 468 g/mol. The number of aliphatic imine (C=N–C) groups is 1. The van der Waals surface area contributed by atoms with Crippen molar-refractivity contribution in [3.63, 3.8) is 0 Å². The second kappa shape index (κ2) is 16.2. The van der Waals surface area contributed by atoms with Gasteiger partial charge in [-0.3, -0.25) is 19.5 Å². The van der Waals surface area contributed by atoms with Gasteiger partial charge in [-0.25, -0.2) is 4.79 Å². The molecule has 0 unspecified atom stereocenters. The summed E-state index contributed by atoms with van der Waals surface area (Å²) < 4.78 is 10.3. The highest BCUT2D eigenvalue weighted by Gasteiger charge is 2.18.